The van der Waals surface area contributed by atoms with E-state index in [0.29, 0.717) is 22.8 Å². The van der Waals surface area contributed by atoms with Crippen molar-refractivity contribution in [3.8, 4) is 0 Å². The summed E-state index contributed by atoms with van der Waals surface area (Å²) in [6, 6.07) is 7.64. The number of hydrogen-bond donors (Lipinski definition) is 0. The Hall–Kier alpha value is -3.82. The van der Waals surface area contributed by atoms with Gasteiger partial charge in [-0.2, -0.15) is 4.98 Å². The largest absolute Gasteiger partial charge is 0.428 e. The lowest BCUT2D eigenvalue weighted by molar-refractivity contribution is -0.383. The maximum atomic E-state index is 14.0. The van der Waals surface area contributed by atoms with Crippen LogP contribution < -0.4 is 4.90 Å². The van der Waals surface area contributed by atoms with Gasteiger partial charge in [0.15, 0.2) is 5.52 Å². The van der Waals surface area contributed by atoms with Crippen molar-refractivity contribution >= 4 is 34.1 Å². The highest BCUT2D eigenvalue weighted by Gasteiger charge is 2.33. The van der Waals surface area contributed by atoms with E-state index in [1.165, 1.54) is 18.2 Å². The summed E-state index contributed by atoms with van der Waals surface area (Å²) in [5, 5.41) is 19.0. The molecule has 10 heteroatoms. The maximum Gasteiger partial charge on any atom is 0.307 e. The number of rotatable bonds is 5. The number of fused-ring (bicyclic) bond motifs is 1. The normalized spacial score (nSPS) is 13.7. The first-order chi connectivity index (χ1) is 14.4. The molecule has 0 atom stereocenters. The van der Waals surface area contributed by atoms with Gasteiger partial charge in [0.2, 0.25) is 5.52 Å². The smallest absolute Gasteiger partial charge is 0.307 e. The highest BCUT2D eigenvalue weighted by Crippen LogP contribution is 2.49. The Kier molecular flexibility index (Phi) is 4.02. The van der Waals surface area contributed by atoms with Gasteiger partial charge in [-0.05, 0) is 72.7 Å². The number of benzene rings is 2. The van der Waals surface area contributed by atoms with E-state index in [9.17, 15) is 14.5 Å². The lowest BCUT2D eigenvalue weighted by atomic mass is 10.1. The van der Waals surface area contributed by atoms with Crippen LogP contribution in [-0.4, -0.2) is 20.2 Å². The van der Waals surface area contributed by atoms with Crippen molar-refractivity contribution in [2.45, 2.75) is 32.6 Å². The SMILES string of the molecule is Cc1nc(N(c2ccc(F)cc2C2CC2)c2ccc([N+](=O)[O-])c3nonc23)oc1C. The number of nitro groups is 1. The van der Waals surface area contributed by atoms with Crippen LogP contribution in [0.2, 0.25) is 0 Å². The molecule has 2 aromatic heterocycles. The van der Waals surface area contributed by atoms with E-state index in [1.54, 1.807) is 24.0 Å². The Morgan fingerprint density at radius 1 is 1.13 bits per heavy atom. The lowest BCUT2D eigenvalue weighted by Crippen LogP contribution is -2.13. The van der Waals surface area contributed by atoms with Gasteiger partial charge in [-0.3, -0.25) is 15.0 Å². The molecule has 0 unspecified atom stereocenters. The van der Waals surface area contributed by atoms with Crippen LogP contribution in [0.25, 0.3) is 11.0 Å². The van der Waals surface area contributed by atoms with E-state index in [2.05, 4.69) is 15.3 Å². The maximum absolute atomic E-state index is 14.0. The molecule has 1 aliphatic rings. The second-order valence-corrected chi connectivity index (χ2v) is 7.27. The fourth-order valence-corrected chi connectivity index (χ4v) is 3.51. The summed E-state index contributed by atoms with van der Waals surface area (Å²) in [7, 11) is 0. The number of nitro benzene ring substituents is 1. The molecule has 0 saturated heterocycles. The number of oxazole rings is 1. The number of anilines is 3. The van der Waals surface area contributed by atoms with Crippen molar-refractivity contribution in [3.05, 3.63) is 63.3 Å². The molecule has 1 aliphatic carbocycles. The predicted molar refractivity (Wildman–Crippen MR) is 105 cm³/mol. The standard InChI is InChI=1S/C20H16FN5O4/c1-10-11(2)29-20(22-10)25(15-6-5-13(21)9-14(15)12-3-4-12)16-7-8-17(26(27)28)19-18(16)23-30-24-19/h5-9,12H,3-4H2,1-2H3. The van der Waals surface area contributed by atoms with E-state index in [0.717, 1.165) is 18.4 Å². The minimum atomic E-state index is -0.548. The molecular formula is C20H16FN5O4. The number of non-ortho nitro benzene ring substituents is 1. The number of hydrogen-bond acceptors (Lipinski definition) is 8. The molecule has 1 fully saturated rings. The molecule has 9 nitrogen and oxygen atoms in total. The quantitative estimate of drug-likeness (QED) is 0.326. The number of nitrogens with zero attached hydrogens (tertiary/aromatic N) is 5. The monoisotopic (exact) mass is 409 g/mol. The van der Waals surface area contributed by atoms with Crippen molar-refractivity contribution in [3.63, 3.8) is 0 Å². The van der Waals surface area contributed by atoms with Crippen molar-refractivity contribution in [1.29, 1.82) is 0 Å². The summed E-state index contributed by atoms with van der Waals surface area (Å²) >= 11 is 0. The van der Waals surface area contributed by atoms with Gasteiger partial charge in [-0.1, -0.05) is 0 Å². The van der Waals surface area contributed by atoms with Crippen LogP contribution in [0, 0.1) is 29.8 Å². The van der Waals surface area contributed by atoms with E-state index in [4.69, 9.17) is 9.05 Å². The molecule has 0 spiro atoms. The van der Waals surface area contributed by atoms with Crippen molar-refractivity contribution < 1.29 is 18.4 Å². The summed E-state index contributed by atoms with van der Waals surface area (Å²) < 4.78 is 24.7. The Bertz CT molecular complexity index is 1270. The van der Waals surface area contributed by atoms with Crippen LogP contribution in [0.4, 0.5) is 27.5 Å². The first-order valence-corrected chi connectivity index (χ1v) is 9.37. The van der Waals surface area contributed by atoms with Crippen LogP contribution in [0.1, 0.15) is 35.8 Å². The highest BCUT2D eigenvalue weighted by molar-refractivity contribution is 5.97. The fourth-order valence-electron chi connectivity index (χ4n) is 3.51. The zero-order valence-electron chi connectivity index (χ0n) is 16.1. The molecule has 2 aromatic carbocycles. The Labute approximate surface area is 169 Å². The molecular weight excluding hydrogens is 393 g/mol. The molecule has 4 aromatic rings. The van der Waals surface area contributed by atoms with E-state index >= 15 is 0 Å². The Balaban J connectivity index is 1.79. The van der Waals surface area contributed by atoms with Gasteiger partial charge in [0.1, 0.15) is 11.6 Å². The number of halogens is 1. The second kappa shape index (κ2) is 6.61. The average Bonchev–Trinajstić information content (AvgIpc) is 3.35. The van der Waals surface area contributed by atoms with Crippen molar-refractivity contribution in [1.82, 2.24) is 15.3 Å². The second-order valence-electron chi connectivity index (χ2n) is 7.27. The van der Waals surface area contributed by atoms with E-state index < -0.39 is 4.92 Å². The zero-order chi connectivity index (χ0) is 21.0. The van der Waals surface area contributed by atoms with Crippen LogP contribution >= 0.6 is 0 Å². The molecule has 1 saturated carbocycles. The van der Waals surface area contributed by atoms with Gasteiger partial charge >= 0.3 is 11.7 Å². The van der Waals surface area contributed by atoms with E-state index in [-0.39, 0.29) is 34.5 Å². The summed E-state index contributed by atoms with van der Waals surface area (Å²) in [6.07, 6.45) is 1.91. The predicted octanol–water partition coefficient (Wildman–Crippen LogP) is 5.22. The molecule has 0 amide bonds. The third-order valence-corrected chi connectivity index (χ3v) is 5.27. The first-order valence-electron chi connectivity index (χ1n) is 9.37. The minimum Gasteiger partial charge on any atom is -0.428 e. The van der Waals surface area contributed by atoms with Crippen LogP contribution in [0.3, 0.4) is 0 Å². The third-order valence-electron chi connectivity index (χ3n) is 5.27. The summed E-state index contributed by atoms with van der Waals surface area (Å²) in [6.45, 7) is 3.61. The van der Waals surface area contributed by atoms with Crippen molar-refractivity contribution in [2.75, 3.05) is 4.90 Å². The molecule has 152 valence electrons. The van der Waals surface area contributed by atoms with E-state index in [1.807, 2.05) is 6.92 Å². The molecule has 0 aliphatic heterocycles. The van der Waals surface area contributed by atoms with Crippen molar-refractivity contribution in [2.24, 2.45) is 0 Å². The molecule has 5 rings (SSSR count). The lowest BCUT2D eigenvalue weighted by Gasteiger charge is -2.24. The highest BCUT2D eigenvalue weighted by atomic mass is 19.1. The topological polar surface area (TPSA) is 111 Å². The van der Waals surface area contributed by atoms with Crippen LogP contribution in [0.15, 0.2) is 39.4 Å². The van der Waals surface area contributed by atoms with Crippen LogP contribution in [0.5, 0.6) is 0 Å². The van der Waals surface area contributed by atoms with Gasteiger partial charge in [0.05, 0.1) is 22.0 Å². The van der Waals surface area contributed by atoms with Gasteiger partial charge in [-0.15, -0.1) is 0 Å². The molecule has 30 heavy (non-hydrogen) atoms. The van der Waals surface area contributed by atoms with Crippen LogP contribution in [-0.2, 0) is 0 Å². The van der Waals surface area contributed by atoms with Gasteiger partial charge in [0.25, 0.3) is 0 Å². The molecule has 0 N–H and O–H groups in total. The van der Waals surface area contributed by atoms with Gasteiger partial charge in [-0.25, -0.2) is 9.02 Å². The number of aryl methyl sites for hydroxylation is 2. The third kappa shape index (κ3) is 2.88. The first kappa shape index (κ1) is 18.2. The zero-order valence-corrected chi connectivity index (χ0v) is 16.1. The molecule has 0 bridgehead atoms. The van der Waals surface area contributed by atoms with Gasteiger partial charge in [0, 0.05) is 6.07 Å². The number of aromatic nitrogens is 3. The Morgan fingerprint density at radius 2 is 1.87 bits per heavy atom. The summed E-state index contributed by atoms with van der Waals surface area (Å²) in [4.78, 5) is 17.0. The fraction of sp³-hybridized carbons (Fsp3) is 0.250. The minimum absolute atomic E-state index is 0.0117. The summed E-state index contributed by atoms with van der Waals surface area (Å²) in [5.41, 5.74) is 2.58. The molecule has 2 heterocycles. The summed E-state index contributed by atoms with van der Waals surface area (Å²) in [5.74, 6) is 0.512. The Morgan fingerprint density at radius 3 is 2.53 bits per heavy atom. The average molecular weight is 409 g/mol. The molecule has 0 radical (unpaired) electrons. The van der Waals surface area contributed by atoms with Gasteiger partial charge < -0.3 is 4.42 Å².